The lowest BCUT2D eigenvalue weighted by molar-refractivity contribution is 0.0690. The number of carboxylic acid groups (broad SMARTS) is 1. The fourth-order valence-electron chi connectivity index (χ4n) is 1.29. The van der Waals surface area contributed by atoms with E-state index in [1.807, 2.05) is 0 Å². The van der Waals surface area contributed by atoms with Gasteiger partial charge in [-0.15, -0.1) is 6.58 Å². The van der Waals surface area contributed by atoms with Crippen LogP contribution in [0, 0.1) is 11.6 Å². The summed E-state index contributed by atoms with van der Waals surface area (Å²) in [4.78, 5) is 12.0. The van der Waals surface area contributed by atoms with Crippen molar-refractivity contribution in [3.63, 3.8) is 0 Å². The van der Waals surface area contributed by atoms with Crippen LogP contribution in [0.2, 0.25) is 0 Å². The van der Waals surface area contributed by atoms with E-state index in [9.17, 15) is 13.6 Å². The van der Waals surface area contributed by atoms with E-state index < -0.39 is 23.2 Å². The quantitative estimate of drug-likeness (QED) is 0.802. The number of carboxylic acids is 1. The van der Waals surface area contributed by atoms with E-state index in [-0.39, 0.29) is 5.69 Å². The number of nitrogens with zero attached hydrogens (tertiary/aromatic N) is 1. The van der Waals surface area contributed by atoms with Crippen molar-refractivity contribution in [3.05, 3.63) is 42.0 Å². The third kappa shape index (κ3) is 2.18. The third-order valence-electron chi connectivity index (χ3n) is 2.11. The van der Waals surface area contributed by atoms with Gasteiger partial charge >= 0.3 is 5.97 Å². The summed E-state index contributed by atoms with van der Waals surface area (Å²) in [6.07, 6.45) is 1.53. The molecule has 0 saturated heterocycles. The molecule has 86 valence electrons. The van der Waals surface area contributed by atoms with Crippen molar-refractivity contribution in [1.29, 1.82) is 0 Å². The van der Waals surface area contributed by atoms with Gasteiger partial charge in [-0.05, 0) is 12.1 Å². The molecule has 1 aromatic rings. The fraction of sp³-hybridized carbons (Fsp3) is 0.182. The molecule has 0 aliphatic rings. The molecule has 0 saturated carbocycles. The van der Waals surface area contributed by atoms with Crippen LogP contribution in [0.5, 0.6) is 0 Å². The van der Waals surface area contributed by atoms with Gasteiger partial charge in [0, 0.05) is 13.6 Å². The normalized spacial score (nSPS) is 9.94. The molecule has 0 amide bonds. The lowest BCUT2D eigenvalue weighted by atomic mass is 10.1. The Kier molecular flexibility index (Phi) is 3.60. The minimum absolute atomic E-state index is 0.00222. The molecule has 0 atom stereocenters. The van der Waals surface area contributed by atoms with Gasteiger partial charge in [0.25, 0.3) is 0 Å². The highest BCUT2D eigenvalue weighted by Crippen LogP contribution is 2.23. The number of halogens is 2. The predicted molar refractivity (Wildman–Crippen MR) is 56.8 cm³/mol. The highest BCUT2D eigenvalue weighted by Gasteiger charge is 2.19. The Balaban J connectivity index is 3.21. The van der Waals surface area contributed by atoms with Crippen molar-refractivity contribution in [2.45, 2.75) is 0 Å². The Morgan fingerprint density at radius 1 is 1.50 bits per heavy atom. The van der Waals surface area contributed by atoms with Gasteiger partial charge in [0.1, 0.15) is 0 Å². The minimum Gasteiger partial charge on any atom is -0.478 e. The molecule has 0 radical (unpaired) electrons. The van der Waals surface area contributed by atoms with Gasteiger partial charge in [-0.3, -0.25) is 0 Å². The maximum absolute atomic E-state index is 13.5. The molecule has 0 spiro atoms. The smallest absolute Gasteiger partial charge is 0.338 e. The SMILES string of the molecule is C=CCN(C)c1ccc(C(=O)O)c(F)c1F. The number of aromatic carboxylic acids is 1. The van der Waals surface area contributed by atoms with Crippen LogP contribution in [0.15, 0.2) is 24.8 Å². The van der Waals surface area contributed by atoms with E-state index in [0.29, 0.717) is 6.54 Å². The molecule has 0 heterocycles. The number of hydrogen-bond acceptors (Lipinski definition) is 2. The molecule has 0 fully saturated rings. The largest absolute Gasteiger partial charge is 0.478 e. The molecule has 0 unspecified atom stereocenters. The molecule has 16 heavy (non-hydrogen) atoms. The lowest BCUT2D eigenvalue weighted by Crippen LogP contribution is -2.19. The maximum atomic E-state index is 13.5. The predicted octanol–water partition coefficient (Wildman–Crippen LogP) is 2.29. The monoisotopic (exact) mass is 227 g/mol. The van der Waals surface area contributed by atoms with E-state index in [1.54, 1.807) is 7.05 Å². The lowest BCUT2D eigenvalue weighted by Gasteiger charge is -2.18. The van der Waals surface area contributed by atoms with Gasteiger partial charge in [0.15, 0.2) is 11.6 Å². The van der Waals surface area contributed by atoms with Gasteiger partial charge in [0.2, 0.25) is 0 Å². The molecule has 5 heteroatoms. The second-order valence-electron chi connectivity index (χ2n) is 3.23. The first-order valence-electron chi connectivity index (χ1n) is 4.52. The molecule has 1 N–H and O–H groups in total. The van der Waals surface area contributed by atoms with E-state index >= 15 is 0 Å². The van der Waals surface area contributed by atoms with E-state index in [0.717, 1.165) is 6.07 Å². The highest BCUT2D eigenvalue weighted by atomic mass is 19.2. The zero-order valence-corrected chi connectivity index (χ0v) is 8.70. The second-order valence-corrected chi connectivity index (χ2v) is 3.23. The van der Waals surface area contributed by atoms with Gasteiger partial charge in [0.05, 0.1) is 11.3 Å². The average Bonchev–Trinajstić information content (AvgIpc) is 2.21. The van der Waals surface area contributed by atoms with Crippen LogP contribution in [-0.2, 0) is 0 Å². The van der Waals surface area contributed by atoms with Crippen molar-refractivity contribution in [3.8, 4) is 0 Å². The van der Waals surface area contributed by atoms with Crippen LogP contribution in [0.1, 0.15) is 10.4 Å². The Bertz CT molecular complexity index is 432. The summed E-state index contributed by atoms with van der Waals surface area (Å²) in [6, 6.07) is 2.26. The Hall–Kier alpha value is -1.91. The van der Waals surface area contributed by atoms with Crippen LogP contribution >= 0.6 is 0 Å². The van der Waals surface area contributed by atoms with Crippen LogP contribution in [0.25, 0.3) is 0 Å². The minimum atomic E-state index is -1.49. The number of rotatable bonds is 4. The average molecular weight is 227 g/mol. The first kappa shape index (κ1) is 12.2. The zero-order valence-electron chi connectivity index (χ0n) is 8.70. The van der Waals surface area contributed by atoms with Gasteiger partial charge < -0.3 is 10.0 Å². The number of carbonyl (C=O) groups is 1. The molecule has 1 aromatic carbocycles. The van der Waals surface area contributed by atoms with E-state index in [1.165, 1.54) is 17.0 Å². The maximum Gasteiger partial charge on any atom is 0.338 e. The summed E-state index contributed by atoms with van der Waals surface area (Å²) in [5, 5.41) is 8.59. The van der Waals surface area contributed by atoms with Crippen LogP contribution < -0.4 is 4.90 Å². The van der Waals surface area contributed by atoms with E-state index in [2.05, 4.69) is 6.58 Å². The van der Waals surface area contributed by atoms with Gasteiger partial charge in [-0.25, -0.2) is 13.6 Å². The summed E-state index contributed by atoms with van der Waals surface area (Å²) < 4.78 is 26.8. The van der Waals surface area contributed by atoms with Crippen molar-refractivity contribution in [2.24, 2.45) is 0 Å². The fourth-order valence-corrected chi connectivity index (χ4v) is 1.29. The number of benzene rings is 1. The summed E-state index contributed by atoms with van der Waals surface area (Å²) in [5.74, 6) is -4.00. The first-order chi connectivity index (χ1) is 7.49. The molecular formula is C11H11F2NO2. The molecule has 1 rings (SSSR count). The van der Waals surface area contributed by atoms with Crippen LogP contribution in [-0.4, -0.2) is 24.7 Å². The Labute approximate surface area is 91.6 Å². The number of likely N-dealkylation sites (N-methyl/N-ethyl adjacent to an activating group) is 1. The summed E-state index contributed by atoms with van der Waals surface area (Å²) in [5.41, 5.74) is -0.671. The zero-order chi connectivity index (χ0) is 12.3. The van der Waals surface area contributed by atoms with Crippen molar-refractivity contribution in [2.75, 3.05) is 18.5 Å². The van der Waals surface area contributed by atoms with Crippen molar-refractivity contribution >= 4 is 11.7 Å². The molecule has 0 aliphatic heterocycles. The molecule has 0 aromatic heterocycles. The van der Waals surface area contributed by atoms with Crippen molar-refractivity contribution < 1.29 is 18.7 Å². The van der Waals surface area contributed by atoms with Crippen LogP contribution in [0.4, 0.5) is 14.5 Å². The van der Waals surface area contributed by atoms with Crippen LogP contribution in [0.3, 0.4) is 0 Å². The Morgan fingerprint density at radius 2 is 2.12 bits per heavy atom. The summed E-state index contributed by atoms with van der Waals surface area (Å²) >= 11 is 0. The number of anilines is 1. The van der Waals surface area contributed by atoms with Gasteiger partial charge in [-0.1, -0.05) is 6.08 Å². The molecular weight excluding hydrogens is 216 g/mol. The second kappa shape index (κ2) is 4.74. The molecule has 3 nitrogen and oxygen atoms in total. The summed E-state index contributed by atoms with van der Waals surface area (Å²) in [6.45, 7) is 3.81. The number of hydrogen-bond donors (Lipinski definition) is 1. The summed E-state index contributed by atoms with van der Waals surface area (Å²) in [7, 11) is 1.56. The molecule has 0 aliphatic carbocycles. The topological polar surface area (TPSA) is 40.5 Å². The third-order valence-corrected chi connectivity index (χ3v) is 2.11. The molecule has 0 bridgehead atoms. The van der Waals surface area contributed by atoms with Crippen molar-refractivity contribution in [1.82, 2.24) is 0 Å². The van der Waals surface area contributed by atoms with Gasteiger partial charge in [-0.2, -0.15) is 0 Å². The highest BCUT2D eigenvalue weighted by molar-refractivity contribution is 5.88. The first-order valence-corrected chi connectivity index (χ1v) is 4.52. The standard InChI is InChI=1S/C11H11F2NO2/c1-3-6-14(2)8-5-4-7(11(15)16)9(12)10(8)13/h3-5H,1,6H2,2H3,(H,15,16). The Morgan fingerprint density at radius 3 is 2.62 bits per heavy atom. The van der Waals surface area contributed by atoms with E-state index in [4.69, 9.17) is 5.11 Å².